The summed E-state index contributed by atoms with van der Waals surface area (Å²) in [6.45, 7) is 1.21. The molecule has 0 atom stereocenters. The van der Waals surface area contributed by atoms with E-state index in [2.05, 4.69) is 20.8 Å². The van der Waals surface area contributed by atoms with Gasteiger partial charge in [-0.1, -0.05) is 29.4 Å². The van der Waals surface area contributed by atoms with E-state index in [4.69, 9.17) is 11.6 Å². The minimum absolute atomic E-state index is 0.0564. The minimum atomic E-state index is -4.60. The van der Waals surface area contributed by atoms with Gasteiger partial charge in [0.15, 0.2) is 5.16 Å². The molecule has 0 saturated heterocycles. The zero-order valence-corrected chi connectivity index (χ0v) is 17.5. The molecule has 12 heteroatoms. The first kappa shape index (κ1) is 22.6. The lowest BCUT2D eigenvalue weighted by atomic mass is 10.1. The summed E-state index contributed by atoms with van der Waals surface area (Å²) in [5.41, 5.74) is -0.371. The van der Waals surface area contributed by atoms with Crippen LogP contribution in [0.1, 0.15) is 12.5 Å². The molecule has 0 spiro atoms. The third-order valence-electron chi connectivity index (χ3n) is 3.87. The van der Waals surface area contributed by atoms with Gasteiger partial charge in [-0.25, -0.2) is 0 Å². The molecule has 2 amide bonds. The van der Waals surface area contributed by atoms with Crippen molar-refractivity contribution in [2.45, 2.75) is 18.3 Å². The minimum Gasteiger partial charge on any atom is -0.325 e. The van der Waals surface area contributed by atoms with Gasteiger partial charge in [-0.05, 0) is 36.4 Å². The molecule has 0 aliphatic heterocycles. The van der Waals surface area contributed by atoms with E-state index in [1.54, 1.807) is 28.8 Å². The van der Waals surface area contributed by atoms with Crippen LogP contribution in [-0.4, -0.2) is 32.3 Å². The fourth-order valence-electron chi connectivity index (χ4n) is 2.56. The van der Waals surface area contributed by atoms with Crippen LogP contribution in [0.25, 0.3) is 5.69 Å². The zero-order chi connectivity index (χ0) is 22.6. The average Bonchev–Trinajstić information content (AvgIpc) is 3.15. The second kappa shape index (κ2) is 9.40. The van der Waals surface area contributed by atoms with E-state index in [1.165, 1.54) is 13.3 Å². The molecular weight excluding hydrogens is 455 g/mol. The van der Waals surface area contributed by atoms with Gasteiger partial charge in [0.2, 0.25) is 11.8 Å². The lowest BCUT2D eigenvalue weighted by Gasteiger charge is -2.15. The van der Waals surface area contributed by atoms with Crippen molar-refractivity contribution in [2.75, 3.05) is 16.4 Å². The molecule has 2 aromatic carbocycles. The second-order valence-electron chi connectivity index (χ2n) is 6.24. The van der Waals surface area contributed by atoms with Crippen LogP contribution in [0, 0.1) is 0 Å². The summed E-state index contributed by atoms with van der Waals surface area (Å²) in [5.74, 6) is -1.23. The van der Waals surface area contributed by atoms with E-state index >= 15 is 0 Å². The van der Waals surface area contributed by atoms with Crippen LogP contribution in [0.2, 0.25) is 5.02 Å². The van der Waals surface area contributed by atoms with Gasteiger partial charge in [-0.3, -0.25) is 14.2 Å². The molecule has 0 saturated carbocycles. The molecule has 162 valence electrons. The largest absolute Gasteiger partial charge is 0.416 e. The molecular formula is C19H15ClF3N5O2S. The Morgan fingerprint density at radius 1 is 1.13 bits per heavy atom. The number of amides is 2. The Balaban J connectivity index is 1.74. The Hall–Kier alpha value is -3.05. The molecule has 0 unspecified atom stereocenters. The van der Waals surface area contributed by atoms with E-state index in [0.717, 1.165) is 30.0 Å². The number of nitrogens with one attached hydrogen (secondary N) is 2. The highest BCUT2D eigenvalue weighted by Gasteiger charge is 2.31. The van der Waals surface area contributed by atoms with Crippen LogP contribution in [0.5, 0.6) is 0 Å². The Bertz CT molecular complexity index is 1120. The summed E-state index contributed by atoms with van der Waals surface area (Å²) in [7, 11) is 0. The van der Waals surface area contributed by atoms with Gasteiger partial charge in [0, 0.05) is 11.9 Å². The van der Waals surface area contributed by atoms with Gasteiger partial charge in [0.25, 0.3) is 0 Å². The maximum Gasteiger partial charge on any atom is 0.416 e. The van der Waals surface area contributed by atoms with E-state index in [0.29, 0.717) is 15.9 Å². The predicted molar refractivity (Wildman–Crippen MR) is 111 cm³/mol. The molecule has 0 bridgehead atoms. The maximum atomic E-state index is 13.0. The van der Waals surface area contributed by atoms with Crippen LogP contribution in [0.4, 0.5) is 24.5 Å². The van der Waals surface area contributed by atoms with E-state index < -0.39 is 23.6 Å². The molecule has 1 heterocycles. The number of rotatable bonds is 6. The lowest BCUT2D eigenvalue weighted by molar-refractivity contribution is -0.137. The quantitative estimate of drug-likeness (QED) is 0.514. The number of benzene rings is 2. The van der Waals surface area contributed by atoms with Crippen molar-refractivity contribution in [1.82, 2.24) is 14.8 Å². The third-order valence-corrected chi connectivity index (χ3v) is 5.05. The molecule has 1 aromatic heterocycles. The number of carbonyl (C=O) groups is 2. The summed E-state index contributed by atoms with van der Waals surface area (Å²) in [5, 5.41) is 13.5. The first-order valence-electron chi connectivity index (χ1n) is 8.71. The fourth-order valence-corrected chi connectivity index (χ4v) is 3.48. The van der Waals surface area contributed by atoms with Crippen molar-refractivity contribution in [2.24, 2.45) is 0 Å². The number of anilines is 2. The predicted octanol–water partition coefficient (Wildman–Crippen LogP) is 4.63. The van der Waals surface area contributed by atoms with Crippen LogP contribution in [0.3, 0.4) is 0 Å². The second-order valence-corrected chi connectivity index (χ2v) is 7.62. The molecule has 0 radical (unpaired) electrons. The number of hydrogen-bond donors (Lipinski definition) is 2. The summed E-state index contributed by atoms with van der Waals surface area (Å²) in [6.07, 6.45) is -3.15. The fraction of sp³-hybridized carbons (Fsp3) is 0.158. The van der Waals surface area contributed by atoms with Crippen LogP contribution >= 0.6 is 23.4 Å². The highest BCUT2D eigenvalue weighted by atomic mass is 35.5. The molecule has 2 N–H and O–H groups in total. The number of halogens is 4. The van der Waals surface area contributed by atoms with E-state index in [9.17, 15) is 22.8 Å². The summed E-state index contributed by atoms with van der Waals surface area (Å²) in [6, 6.07) is 9.60. The molecule has 0 aliphatic carbocycles. The summed E-state index contributed by atoms with van der Waals surface area (Å²) < 4.78 is 40.7. The van der Waals surface area contributed by atoms with Crippen LogP contribution in [0.15, 0.2) is 53.9 Å². The Labute approximate surface area is 184 Å². The molecule has 0 fully saturated rings. The standard InChI is InChI=1S/C19H15ClF3N5O2S/c1-11(29)25-15-6-5-12(19(21,22)23)7-16(15)26-17(30)9-31-18-27-24-10-28(18)14-4-2-3-13(20)8-14/h2-8,10H,9H2,1H3,(H,25,29)(H,26,30). The SMILES string of the molecule is CC(=O)Nc1ccc(C(F)(F)F)cc1NC(=O)CSc1nncn1-c1cccc(Cl)c1. The summed E-state index contributed by atoms with van der Waals surface area (Å²) >= 11 is 7.03. The van der Waals surface area contributed by atoms with Crippen LogP contribution in [-0.2, 0) is 15.8 Å². The molecule has 3 aromatic rings. The van der Waals surface area contributed by atoms with Crippen molar-refractivity contribution in [1.29, 1.82) is 0 Å². The van der Waals surface area contributed by atoms with Gasteiger partial charge >= 0.3 is 6.18 Å². The number of alkyl halides is 3. The molecule has 7 nitrogen and oxygen atoms in total. The summed E-state index contributed by atoms with van der Waals surface area (Å²) in [4.78, 5) is 23.7. The van der Waals surface area contributed by atoms with E-state index in [1.807, 2.05) is 0 Å². The van der Waals surface area contributed by atoms with Crippen LogP contribution < -0.4 is 10.6 Å². The van der Waals surface area contributed by atoms with Crippen molar-refractivity contribution in [3.8, 4) is 5.69 Å². The molecule has 3 rings (SSSR count). The normalized spacial score (nSPS) is 11.3. The van der Waals surface area contributed by atoms with Crippen molar-refractivity contribution >= 4 is 46.6 Å². The average molecular weight is 470 g/mol. The van der Waals surface area contributed by atoms with Crippen molar-refractivity contribution in [3.63, 3.8) is 0 Å². The van der Waals surface area contributed by atoms with Gasteiger partial charge in [-0.2, -0.15) is 13.2 Å². The zero-order valence-electron chi connectivity index (χ0n) is 15.9. The number of carbonyl (C=O) groups excluding carboxylic acids is 2. The van der Waals surface area contributed by atoms with E-state index in [-0.39, 0.29) is 17.1 Å². The number of aromatic nitrogens is 3. The van der Waals surface area contributed by atoms with Crippen molar-refractivity contribution < 1.29 is 22.8 Å². The number of hydrogen-bond acceptors (Lipinski definition) is 5. The van der Waals surface area contributed by atoms with Gasteiger partial charge in [0.1, 0.15) is 6.33 Å². The topological polar surface area (TPSA) is 88.9 Å². The highest BCUT2D eigenvalue weighted by molar-refractivity contribution is 7.99. The number of thioether (sulfide) groups is 1. The van der Waals surface area contributed by atoms with Crippen molar-refractivity contribution in [3.05, 3.63) is 59.4 Å². The molecule has 0 aliphatic rings. The first-order valence-corrected chi connectivity index (χ1v) is 10.1. The number of nitrogens with zero attached hydrogens (tertiary/aromatic N) is 3. The van der Waals surface area contributed by atoms with Gasteiger partial charge in [0.05, 0.1) is 28.4 Å². The first-order chi connectivity index (χ1) is 14.6. The lowest BCUT2D eigenvalue weighted by Crippen LogP contribution is -2.18. The Morgan fingerprint density at radius 2 is 1.90 bits per heavy atom. The third kappa shape index (κ3) is 5.98. The Kier molecular flexibility index (Phi) is 6.86. The van der Waals surface area contributed by atoms with Gasteiger partial charge < -0.3 is 10.6 Å². The molecule has 31 heavy (non-hydrogen) atoms. The Morgan fingerprint density at radius 3 is 2.58 bits per heavy atom. The van der Waals surface area contributed by atoms with Gasteiger partial charge in [-0.15, -0.1) is 10.2 Å². The highest BCUT2D eigenvalue weighted by Crippen LogP contribution is 2.34. The monoisotopic (exact) mass is 469 g/mol. The smallest absolute Gasteiger partial charge is 0.325 e. The maximum absolute atomic E-state index is 13.0.